The van der Waals surface area contributed by atoms with Gasteiger partial charge >= 0.3 is 0 Å². The number of nitrogens with zero attached hydrogens (tertiary/aromatic N) is 3. The van der Waals surface area contributed by atoms with Gasteiger partial charge in [-0.2, -0.15) is 0 Å². The Morgan fingerprint density at radius 1 is 1.27 bits per heavy atom. The molecule has 2 aromatic heterocycles. The molecule has 0 aliphatic heterocycles. The molecule has 0 saturated carbocycles. The highest BCUT2D eigenvalue weighted by Crippen LogP contribution is 2.37. The second kappa shape index (κ2) is 8.39. The van der Waals surface area contributed by atoms with Crippen molar-refractivity contribution in [2.45, 2.75) is 64.8 Å². The van der Waals surface area contributed by atoms with Gasteiger partial charge in [-0.1, -0.05) is 39.0 Å². The fraction of sp³-hybridized carbons (Fsp3) is 0.478. The number of benzene rings is 1. The molecule has 0 fully saturated rings. The molecule has 3 aromatic rings. The molecule has 3 rings (SSSR count). The van der Waals surface area contributed by atoms with Crippen LogP contribution in [0, 0.1) is 6.92 Å². The van der Waals surface area contributed by atoms with E-state index in [-0.39, 0.29) is 16.8 Å². The largest absolute Gasteiger partial charge is 0.415 e. The van der Waals surface area contributed by atoms with Gasteiger partial charge in [0, 0.05) is 24.0 Å². The lowest BCUT2D eigenvalue weighted by atomic mass is 10.2. The Kier molecular flexibility index (Phi) is 6.24. The van der Waals surface area contributed by atoms with Gasteiger partial charge in [-0.3, -0.25) is 4.79 Å². The van der Waals surface area contributed by atoms with E-state index in [4.69, 9.17) is 10.2 Å². The first kappa shape index (κ1) is 22.3. The molecule has 2 N–H and O–H groups in total. The lowest BCUT2D eigenvalue weighted by molar-refractivity contribution is 0.0995. The monoisotopic (exact) mass is 426 g/mol. The summed E-state index contributed by atoms with van der Waals surface area (Å²) in [6, 6.07) is 10.7. The summed E-state index contributed by atoms with van der Waals surface area (Å²) in [7, 11) is -1.90. The van der Waals surface area contributed by atoms with Gasteiger partial charge in [0.15, 0.2) is 8.32 Å². The molecule has 0 saturated heterocycles. The Labute approximate surface area is 180 Å². The Morgan fingerprint density at radius 2 is 1.97 bits per heavy atom. The zero-order valence-electron chi connectivity index (χ0n) is 19.0. The van der Waals surface area contributed by atoms with Crippen LogP contribution in [0.4, 0.5) is 0 Å². The summed E-state index contributed by atoms with van der Waals surface area (Å²) in [6.07, 6.45) is 4.30. The molecular weight excluding hydrogens is 392 g/mol. The highest BCUT2D eigenvalue weighted by Gasteiger charge is 2.37. The predicted molar refractivity (Wildman–Crippen MR) is 124 cm³/mol. The molecule has 0 aliphatic rings. The first-order valence-corrected chi connectivity index (χ1v) is 13.4. The molecule has 30 heavy (non-hydrogen) atoms. The third kappa shape index (κ3) is 4.68. The van der Waals surface area contributed by atoms with Crippen LogP contribution in [-0.2, 0) is 11.0 Å². The van der Waals surface area contributed by atoms with Gasteiger partial charge < -0.3 is 19.3 Å². The number of rotatable bonds is 8. The van der Waals surface area contributed by atoms with Crippen molar-refractivity contribution in [2.24, 2.45) is 5.73 Å². The molecule has 1 aromatic carbocycles. The van der Waals surface area contributed by atoms with E-state index in [1.54, 1.807) is 12.5 Å². The van der Waals surface area contributed by atoms with Gasteiger partial charge in [0.05, 0.1) is 19.0 Å². The Hall–Kier alpha value is -2.38. The van der Waals surface area contributed by atoms with Gasteiger partial charge in [-0.15, -0.1) is 0 Å². The van der Waals surface area contributed by atoms with Crippen molar-refractivity contribution < 1.29 is 9.22 Å². The van der Waals surface area contributed by atoms with Gasteiger partial charge in [0.2, 0.25) is 0 Å². The maximum absolute atomic E-state index is 11.5. The van der Waals surface area contributed by atoms with E-state index in [1.807, 2.05) is 4.57 Å². The van der Waals surface area contributed by atoms with Gasteiger partial charge in [0.1, 0.15) is 5.69 Å². The summed E-state index contributed by atoms with van der Waals surface area (Å²) in [5, 5.41) is 1.39. The maximum Gasteiger partial charge on any atom is 0.268 e. The summed E-state index contributed by atoms with van der Waals surface area (Å²) in [6.45, 7) is 14.8. The number of para-hydroxylation sites is 1. The number of primary amides is 1. The van der Waals surface area contributed by atoms with Crippen molar-refractivity contribution in [1.29, 1.82) is 0 Å². The van der Waals surface area contributed by atoms with Crippen LogP contribution in [0.5, 0.6) is 0 Å². The number of aryl methyl sites for hydroxylation is 2. The molecule has 0 spiro atoms. The lowest BCUT2D eigenvalue weighted by Crippen LogP contribution is -2.42. The number of carbonyl (C=O) groups is 1. The standard InChI is InChI=1S/C23H34N4O2Si/c1-17-13-18-9-7-8-10-21(18)27(17)12-11-19(15-29-30(5,6)23(2,3)4)26-14-20(22(24)28)25-16-26/h7-10,13-14,16,19H,11-12,15H2,1-6H3,(H2,24,28)/t19-/m1/s1. The molecule has 0 radical (unpaired) electrons. The Morgan fingerprint density at radius 3 is 2.60 bits per heavy atom. The summed E-state index contributed by atoms with van der Waals surface area (Å²) >= 11 is 0. The van der Waals surface area contributed by atoms with Crippen molar-refractivity contribution in [3.63, 3.8) is 0 Å². The molecule has 162 valence electrons. The zero-order chi connectivity index (χ0) is 22.1. The van der Waals surface area contributed by atoms with Gasteiger partial charge in [0.25, 0.3) is 5.91 Å². The average molecular weight is 427 g/mol. The van der Waals surface area contributed by atoms with Crippen LogP contribution >= 0.6 is 0 Å². The minimum atomic E-state index is -1.90. The van der Waals surface area contributed by atoms with Crippen LogP contribution in [0.25, 0.3) is 10.9 Å². The van der Waals surface area contributed by atoms with Crippen molar-refractivity contribution in [2.75, 3.05) is 6.61 Å². The van der Waals surface area contributed by atoms with Crippen molar-refractivity contribution in [3.8, 4) is 0 Å². The lowest BCUT2D eigenvalue weighted by Gasteiger charge is -2.37. The first-order chi connectivity index (χ1) is 14.0. The van der Waals surface area contributed by atoms with Crippen molar-refractivity contribution in [3.05, 3.63) is 54.2 Å². The predicted octanol–water partition coefficient (Wildman–Crippen LogP) is 4.90. The van der Waals surface area contributed by atoms with E-state index in [0.717, 1.165) is 13.0 Å². The molecule has 7 heteroatoms. The Bertz CT molecular complexity index is 1030. The highest BCUT2D eigenvalue weighted by atomic mass is 28.4. The van der Waals surface area contributed by atoms with E-state index >= 15 is 0 Å². The van der Waals surface area contributed by atoms with E-state index in [1.165, 1.54) is 16.6 Å². The average Bonchev–Trinajstić information content (AvgIpc) is 3.26. The summed E-state index contributed by atoms with van der Waals surface area (Å²) in [5.41, 5.74) is 8.18. The van der Waals surface area contributed by atoms with E-state index in [0.29, 0.717) is 6.61 Å². The van der Waals surface area contributed by atoms with Crippen LogP contribution in [0.1, 0.15) is 49.4 Å². The number of carbonyl (C=O) groups excluding carboxylic acids is 1. The highest BCUT2D eigenvalue weighted by molar-refractivity contribution is 6.74. The van der Waals surface area contributed by atoms with E-state index < -0.39 is 14.2 Å². The number of imidazole rings is 1. The quantitative estimate of drug-likeness (QED) is 0.521. The van der Waals surface area contributed by atoms with Crippen LogP contribution < -0.4 is 5.73 Å². The molecule has 6 nitrogen and oxygen atoms in total. The van der Waals surface area contributed by atoms with Gasteiger partial charge in [-0.25, -0.2) is 4.98 Å². The summed E-state index contributed by atoms with van der Waals surface area (Å²) < 4.78 is 10.9. The minimum absolute atomic E-state index is 0.0697. The van der Waals surface area contributed by atoms with Crippen molar-refractivity contribution in [1.82, 2.24) is 14.1 Å². The second-order valence-corrected chi connectivity index (χ2v) is 14.4. The molecule has 2 heterocycles. The molecule has 0 unspecified atom stereocenters. The number of hydrogen-bond acceptors (Lipinski definition) is 3. The fourth-order valence-electron chi connectivity index (χ4n) is 3.43. The van der Waals surface area contributed by atoms with Crippen molar-refractivity contribution >= 4 is 25.1 Å². The number of aromatic nitrogens is 3. The zero-order valence-corrected chi connectivity index (χ0v) is 20.0. The van der Waals surface area contributed by atoms with Crippen LogP contribution in [0.3, 0.4) is 0 Å². The number of amides is 1. The van der Waals surface area contributed by atoms with E-state index in [2.05, 4.69) is 80.7 Å². The Balaban J connectivity index is 1.83. The summed E-state index contributed by atoms with van der Waals surface area (Å²) in [5.74, 6) is -0.509. The van der Waals surface area contributed by atoms with E-state index in [9.17, 15) is 4.79 Å². The number of hydrogen-bond donors (Lipinski definition) is 1. The molecule has 1 atom stereocenters. The summed E-state index contributed by atoms with van der Waals surface area (Å²) in [4.78, 5) is 15.7. The maximum atomic E-state index is 11.5. The second-order valence-electron chi connectivity index (χ2n) is 9.58. The number of nitrogens with two attached hydrogens (primary N) is 1. The first-order valence-electron chi connectivity index (χ1n) is 10.5. The smallest absolute Gasteiger partial charge is 0.268 e. The van der Waals surface area contributed by atoms with Crippen LogP contribution in [0.2, 0.25) is 18.1 Å². The fourth-order valence-corrected chi connectivity index (χ4v) is 4.47. The SMILES string of the molecule is Cc1cc2ccccc2n1CC[C@H](CO[Si](C)(C)C(C)(C)C)n1cnc(C(N)=O)c1. The topological polar surface area (TPSA) is 75.1 Å². The molecule has 0 bridgehead atoms. The molecule has 1 amide bonds. The normalized spacial score (nSPS) is 13.7. The minimum Gasteiger partial charge on any atom is -0.415 e. The van der Waals surface area contributed by atoms with Crippen LogP contribution in [0.15, 0.2) is 42.9 Å². The van der Waals surface area contributed by atoms with Crippen LogP contribution in [-0.4, -0.2) is 34.9 Å². The number of fused-ring (bicyclic) bond motifs is 1. The third-order valence-corrected chi connectivity index (χ3v) is 10.9. The molecular formula is C23H34N4O2Si. The van der Waals surface area contributed by atoms with Gasteiger partial charge in [-0.05, 0) is 49.0 Å². The molecule has 0 aliphatic carbocycles. The third-order valence-electron chi connectivity index (χ3n) is 6.42.